The summed E-state index contributed by atoms with van der Waals surface area (Å²) in [7, 11) is 0. The second-order valence-corrected chi connectivity index (χ2v) is 26.8. The molecule has 0 radical (unpaired) electrons. The fourth-order valence-corrected chi connectivity index (χ4v) is 12.4. The van der Waals surface area contributed by atoms with Gasteiger partial charge < -0.3 is 65.1 Å². The van der Waals surface area contributed by atoms with E-state index in [2.05, 4.69) is 55.6 Å². The van der Waals surface area contributed by atoms with Gasteiger partial charge in [0.05, 0.1) is 32.0 Å². The van der Waals surface area contributed by atoms with E-state index >= 15 is 0 Å². The summed E-state index contributed by atoms with van der Waals surface area (Å²) in [5.41, 5.74) is 0. The van der Waals surface area contributed by atoms with Crippen LogP contribution in [-0.4, -0.2) is 140 Å². The minimum atomic E-state index is -1.79. The lowest BCUT2D eigenvalue weighted by atomic mass is 9.97. The number of aliphatic hydroxyl groups is 8. The Balaban J connectivity index is 1.67. The molecule has 2 aliphatic heterocycles. The summed E-state index contributed by atoms with van der Waals surface area (Å²) >= 11 is 0. The Kier molecular flexibility index (Phi) is 56.6. The van der Waals surface area contributed by atoms with Crippen LogP contribution in [0, 0.1) is 0 Å². The van der Waals surface area contributed by atoms with Crippen molar-refractivity contribution in [2.45, 2.75) is 408 Å². The van der Waals surface area contributed by atoms with Gasteiger partial charge in [-0.05, 0) is 70.6 Å². The zero-order valence-electron chi connectivity index (χ0n) is 57.6. The van der Waals surface area contributed by atoms with E-state index < -0.39 is 86.8 Å². The zero-order chi connectivity index (χ0) is 65.2. The van der Waals surface area contributed by atoms with Gasteiger partial charge in [-0.3, -0.25) is 4.79 Å². The summed E-state index contributed by atoms with van der Waals surface area (Å²) < 4.78 is 22.9. The Bertz CT molecular complexity index is 1690. The van der Waals surface area contributed by atoms with Gasteiger partial charge in [0, 0.05) is 6.42 Å². The van der Waals surface area contributed by atoms with Crippen LogP contribution in [0.2, 0.25) is 0 Å². The molecule has 0 bridgehead atoms. The maximum Gasteiger partial charge on any atom is 0.220 e. The van der Waals surface area contributed by atoms with Crippen molar-refractivity contribution in [1.82, 2.24) is 5.32 Å². The van der Waals surface area contributed by atoms with E-state index in [0.29, 0.717) is 12.8 Å². The third-order valence-corrected chi connectivity index (χ3v) is 18.5. The average Bonchev–Trinajstić information content (AvgIpc) is 1.41. The second kappa shape index (κ2) is 60.6. The number of carbonyl (C=O) groups is 1. The lowest BCUT2D eigenvalue weighted by Crippen LogP contribution is -2.65. The summed E-state index contributed by atoms with van der Waals surface area (Å²) in [6, 6.07) is -0.940. The molecule has 0 aromatic rings. The molecule has 2 fully saturated rings. The van der Waals surface area contributed by atoms with Crippen LogP contribution in [0.25, 0.3) is 0 Å². The number of allylic oxidation sites excluding steroid dienone is 7. The lowest BCUT2D eigenvalue weighted by molar-refractivity contribution is -0.359. The Labute approximate surface area is 550 Å². The monoisotopic (exact) mass is 1280 g/mol. The molecule has 2 heterocycles. The van der Waals surface area contributed by atoms with E-state index in [1.54, 1.807) is 6.08 Å². The molecule has 2 saturated heterocycles. The van der Waals surface area contributed by atoms with E-state index in [1.165, 1.54) is 257 Å². The van der Waals surface area contributed by atoms with Crippen molar-refractivity contribution in [1.29, 1.82) is 0 Å². The molecule has 0 aromatic heterocycles. The lowest BCUT2D eigenvalue weighted by Gasteiger charge is -2.46. The molecule has 12 unspecified atom stereocenters. The highest BCUT2D eigenvalue weighted by molar-refractivity contribution is 5.76. The molecular formula is C76H141NO13. The van der Waals surface area contributed by atoms with Crippen LogP contribution in [0.5, 0.6) is 0 Å². The van der Waals surface area contributed by atoms with Gasteiger partial charge in [0.1, 0.15) is 48.8 Å². The van der Waals surface area contributed by atoms with Gasteiger partial charge >= 0.3 is 0 Å². The molecule has 14 nitrogen and oxygen atoms in total. The van der Waals surface area contributed by atoms with Gasteiger partial charge in [-0.1, -0.05) is 306 Å². The molecule has 1 amide bonds. The quantitative estimate of drug-likeness (QED) is 0.0204. The third-order valence-electron chi connectivity index (χ3n) is 18.5. The van der Waals surface area contributed by atoms with Gasteiger partial charge in [0.2, 0.25) is 5.91 Å². The van der Waals surface area contributed by atoms with Crippen LogP contribution >= 0.6 is 0 Å². The number of hydrogen-bond donors (Lipinski definition) is 9. The molecule has 9 N–H and O–H groups in total. The van der Waals surface area contributed by atoms with Gasteiger partial charge in [-0.2, -0.15) is 0 Å². The standard InChI is InChI=1S/C76H141NO13/c1-3-5-7-9-11-13-15-17-19-21-23-25-27-29-30-31-32-33-34-36-37-39-41-43-45-47-49-51-53-55-57-59-65(80)64(63-87-75-73(86)71(84)74(67(62-79)89-75)90-76-72(85)70(83)69(82)66(61-78)88-76)77-68(81)60-58-56-54-52-50-48-46-44-42-40-38-35-28-26-24-22-20-18-16-14-12-10-8-6-4-2/h22,24,41,43,49,51,57,59,64-67,69-76,78-80,82-86H,3-21,23,25-40,42,44-48,50,52-56,58,60-63H2,1-2H3,(H,77,81)/b24-22-,43-41+,51-49+,59-57+. The molecule has 2 aliphatic rings. The molecule has 0 aliphatic carbocycles. The predicted octanol–water partition coefficient (Wildman–Crippen LogP) is 16.2. The van der Waals surface area contributed by atoms with Crippen molar-refractivity contribution in [3.05, 3.63) is 48.6 Å². The molecule has 14 heteroatoms. The largest absolute Gasteiger partial charge is 0.394 e. The number of rotatable bonds is 63. The van der Waals surface area contributed by atoms with E-state index in [-0.39, 0.29) is 18.9 Å². The first-order chi connectivity index (χ1) is 44.1. The van der Waals surface area contributed by atoms with E-state index in [0.717, 1.165) is 44.9 Å². The Morgan fingerprint density at radius 3 is 1.09 bits per heavy atom. The first-order valence-electron chi connectivity index (χ1n) is 37.9. The van der Waals surface area contributed by atoms with Crippen molar-refractivity contribution in [2.75, 3.05) is 19.8 Å². The van der Waals surface area contributed by atoms with Crippen molar-refractivity contribution in [2.24, 2.45) is 0 Å². The summed E-state index contributed by atoms with van der Waals surface area (Å²) in [4.78, 5) is 13.3. The maximum absolute atomic E-state index is 13.3. The summed E-state index contributed by atoms with van der Waals surface area (Å²) in [5.74, 6) is -0.249. The number of aliphatic hydroxyl groups excluding tert-OH is 8. The van der Waals surface area contributed by atoms with Crippen LogP contribution in [0.4, 0.5) is 0 Å². The minimum absolute atomic E-state index is 0.249. The fraction of sp³-hybridized carbons (Fsp3) is 0.882. The maximum atomic E-state index is 13.3. The Morgan fingerprint density at radius 2 is 0.711 bits per heavy atom. The van der Waals surface area contributed by atoms with Crippen LogP contribution in [0.1, 0.15) is 335 Å². The predicted molar refractivity (Wildman–Crippen MR) is 369 cm³/mol. The minimum Gasteiger partial charge on any atom is -0.394 e. The molecule has 12 atom stereocenters. The van der Waals surface area contributed by atoms with E-state index in [4.69, 9.17) is 18.9 Å². The highest BCUT2D eigenvalue weighted by Gasteiger charge is 2.51. The second-order valence-electron chi connectivity index (χ2n) is 26.8. The molecule has 2 rings (SSSR count). The van der Waals surface area contributed by atoms with E-state index in [1.807, 2.05) is 6.08 Å². The number of carbonyl (C=O) groups excluding carboxylic acids is 1. The van der Waals surface area contributed by atoms with E-state index in [9.17, 15) is 45.6 Å². The number of ether oxygens (including phenoxy) is 4. The normalized spacial score (nSPS) is 23.1. The van der Waals surface area contributed by atoms with Gasteiger partial charge in [0.15, 0.2) is 12.6 Å². The highest BCUT2D eigenvalue weighted by Crippen LogP contribution is 2.30. The van der Waals surface area contributed by atoms with Crippen LogP contribution < -0.4 is 5.32 Å². The number of amides is 1. The number of unbranched alkanes of at least 4 members (excludes halogenated alkanes) is 44. The van der Waals surface area contributed by atoms with Crippen LogP contribution in [0.15, 0.2) is 48.6 Å². The molecule has 0 saturated carbocycles. The van der Waals surface area contributed by atoms with Crippen molar-refractivity contribution < 1.29 is 64.6 Å². The van der Waals surface area contributed by atoms with Crippen LogP contribution in [0.3, 0.4) is 0 Å². The molecule has 90 heavy (non-hydrogen) atoms. The molecule has 528 valence electrons. The average molecular weight is 1280 g/mol. The van der Waals surface area contributed by atoms with Crippen LogP contribution in [-0.2, 0) is 23.7 Å². The van der Waals surface area contributed by atoms with Crippen molar-refractivity contribution in [3.63, 3.8) is 0 Å². The van der Waals surface area contributed by atoms with Crippen molar-refractivity contribution in [3.8, 4) is 0 Å². The van der Waals surface area contributed by atoms with Crippen molar-refractivity contribution >= 4 is 5.91 Å². The topological polar surface area (TPSA) is 228 Å². The summed E-state index contributed by atoms with van der Waals surface area (Å²) in [5, 5.41) is 87.5. The SMILES string of the molecule is CCCCCCCCCC/C=C\CCCCCCCCCCCCCCCC(=O)NC(COC1OC(CO)C(OC2OC(CO)C(O)C(O)C2O)C(O)C1O)C(O)/C=C/CC/C=C/CC/C=C/CCCCCCCCCCCCCCCCCCCCCCC. The Morgan fingerprint density at radius 1 is 0.389 bits per heavy atom. The van der Waals surface area contributed by atoms with Gasteiger partial charge in [-0.15, -0.1) is 0 Å². The summed E-state index contributed by atoms with van der Waals surface area (Å²) in [6.07, 6.45) is 63.3. The fourth-order valence-electron chi connectivity index (χ4n) is 12.4. The summed E-state index contributed by atoms with van der Waals surface area (Å²) in [6.45, 7) is 2.82. The third kappa shape index (κ3) is 43.8. The smallest absolute Gasteiger partial charge is 0.220 e. The number of nitrogens with one attached hydrogen (secondary N) is 1. The molecular weight excluding hydrogens is 1130 g/mol. The zero-order valence-corrected chi connectivity index (χ0v) is 57.6. The molecule has 0 spiro atoms. The highest BCUT2D eigenvalue weighted by atomic mass is 16.7. The molecule has 0 aromatic carbocycles. The Hall–Kier alpha value is -2.05. The van der Waals surface area contributed by atoms with Gasteiger partial charge in [0.25, 0.3) is 0 Å². The first kappa shape index (κ1) is 84.0. The van der Waals surface area contributed by atoms with Gasteiger partial charge in [-0.25, -0.2) is 0 Å². The number of hydrogen-bond acceptors (Lipinski definition) is 13. The first-order valence-corrected chi connectivity index (χ1v) is 37.9.